The van der Waals surface area contributed by atoms with Crippen molar-refractivity contribution in [3.63, 3.8) is 0 Å². The van der Waals surface area contributed by atoms with Gasteiger partial charge in [0.25, 0.3) is 0 Å². The smallest absolute Gasteiger partial charge is 0.0195 e. The molecular formula is C15H31N. The molecule has 0 spiro atoms. The first-order chi connectivity index (χ1) is 7.84. The quantitative estimate of drug-likeness (QED) is 0.366. The average molecular weight is 225 g/mol. The predicted octanol–water partition coefficient (Wildman–Crippen LogP) is 4.61. The Morgan fingerprint density at radius 1 is 0.812 bits per heavy atom. The van der Waals surface area contributed by atoms with Gasteiger partial charge in [-0.25, -0.2) is 0 Å². The van der Waals surface area contributed by atoms with E-state index in [1.54, 1.807) is 0 Å². The third-order valence-electron chi connectivity index (χ3n) is 3.79. The Morgan fingerprint density at radius 2 is 1.25 bits per heavy atom. The summed E-state index contributed by atoms with van der Waals surface area (Å²) in [6.07, 6.45) is 14.5. The van der Waals surface area contributed by atoms with Gasteiger partial charge in [-0.2, -0.15) is 0 Å². The largest absolute Gasteiger partial charge is 0.298 e. The maximum absolute atomic E-state index is 2.57. The molecule has 2 unspecified atom stereocenters. The van der Waals surface area contributed by atoms with Gasteiger partial charge in [-0.05, 0) is 19.9 Å². The zero-order valence-corrected chi connectivity index (χ0v) is 11.5. The molecule has 0 aliphatic carbocycles. The van der Waals surface area contributed by atoms with Crippen molar-refractivity contribution in [1.82, 2.24) is 4.90 Å². The molecule has 1 nitrogen and oxygen atoms in total. The number of nitrogens with zero attached hydrogens (tertiary/aromatic N) is 1. The summed E-state index contributed by atoms with van der Waals surface area (Å²) < 4.78 is 0. The summed E-state index contributed by atoms with van der Waals surface area (Å²) in [6, 6.07) is 0.901. The molecule has 1 rings (SSSR count). The fourth-order valence-corrected chi connectivity index (χ4v) is 2.41. The van der Waals surface area contributed by atoms with E-state index in [4.69, 9.17) is 0 Å². The van der Waals surface area contributed by atoms with Crippen LogP contribution in [0.5, 0.6) is 0 Å². The van der Waals surface area contributed by atoms with Crippen molar-refractivity contribution in [2.24, 2.45) is 0 Å². The fourth-order valence-electron chi connectivity index (χ4n) is 2.41. The van der Waals surface area contributed by atoms with Gasteiger partial charge in [0.1, 0.15) is 0 Å². The molecule has 16 heavy (non-hydrogen) atoms. The van der Waals surface area contributed by atoms with Crippen LogP contribution in [0.15, 0.2) is 0 Å². The molecular weight excluding hydrogens is 194 g/mol. The van der Waals surface area contributed by atoms with Gasteiger partial charge in [0.15, 0.2) is 0 Å². The van der Waals surface area contributed by atoms with Crippen LogP contribution in [-0.2, 0) is 0 Å². The zero-order chi connectivity index (χ0) is 11.6. The van der Waals surface area contributed by atoms with Crippen LogP contribution < -0.4 is 0 Å². The van der Waals surface area contributed by atoms with Crippen molar-refractivity contribution < 1.29 is 0 Å². The first kappa shape index (κ1) is 14.0. The lowest BCUT2D eigenvalue weighted by Gasteiger charge is -2.03. The minimum absolute atomic E-state index is 0.901. The van der Waals surface area contributed by atoms with Gasteiger partial charge in [-0.1, -0.05) is 64.7 Å². The number of hydrogen-bond acceptors (Lipinski definition) is 1. The predicted molar refractivity (Wildman–Crippen MR) is 72.9 cm³/mol. The van der Waals surface area contributed by atoms with Gasteiger partial charge in [-0.15, -0.1) is 0 Å². The first-order valence-corrected chi connectivity index (χ1v) is 7.58. The van der Waals surface area contributed by atoms with Gasteiger partial charge in [0.05, 0.1) is 0 Å². The van der Waals surface area contributed by atoms with Gasteiger partial charge >= 0.3 is 0 Å². The lowest BCUT2D eigenvalue weighted by molar-refractivity contribution is 0.473. The topological polar surface area (TPSA) is 3.01 Å². The number of rotatable bonds is 11. The molecule has 0 aromatic rings. The molecule has 1 heterocycles. The van der Waals surface area contributed by atoms with Gasteiger partial charge in [0, 0.05) is 12.6 Å². The van der Waals surface area contributed by atoms with Crippen molar-refractivity contribution in [2.45, 2.75) is 84.1 Å². The lowest BCUT2D eigenvalue weighted by Crippen LogP contribution is -2.01. The zero-order valence-electron chi connectivity index (χ0n) is 11.5. The van der Waals surface area contributed by atoms with Gasteiger partial charge in [-0.3, -0.25) is 4.90 Å². The minimum atomic E-state index is 0.901. The SMILES string of the molecule is CCCCCCCCCCCCN1CC1C. The van der Waals surface area contributed by atoms with Gasteiger partial charge < -0.3 is 0 Å². The molecule has 0 aromatic heterocycles. The van der Waals surface area contributed by atoms with Crippen LogP contribution in [0.1, 0.15) is 78.1 Å². The van der Waals surface area contributed by atoms with Crippen molar-refractivity contribution in [1.29, 1.82) is 0 Å². The molecule has 0 bridgehead atoms. The first-order valence-electron chi connectivity index (χ1n) is 7.58. The van der Waals surface area contributed by atoms with Crippen molar-refractivity contribution in [3.8, 4) is 0 Å². The third-order valence-corrected chi connectivity index (χ3v) is 3.79. The van der Waals surface area contributed by atoms with E-state index in [9.17, 15) is 0 Å². The highest BCUT2D eigenvalue weighted by atomic mass is 15.3. The van der Waals surface area contributed by atoms with Crippen molar-refractivity contribution >= 4 is 0 Å². The number of unbranched alkanes of at least 4 members (excludes halogenated alkanes) is 9. The van der Waals surface area contributed by atoms with E-state index in [-0.39, 0.29) is 0 Å². The molecule has 1 saturated heterocycles. The second kappa shape index (κ2) is 9.04. The fraction of sp³-hybridized carbons (Fsp3) is 1.00. The van der Waals surface area contributed by atoms with Crippen molar-refractivity contribution in [2.75, 3.05) is 13.1 Å². The molecule has 2 atom stereocenters. The van der Waals surface area contributed by atoms with Crippen LogP contribution in [-0.4, -0.2) is 24.0 Å². The second-order valence-electron chi connectivity index (χ2n) is 5.53. The van der Waals surface area contributed by atoms with Crippen LogP contribution in [0.2, 0.25) is 0 Å². The van der Waals surface area contributed by atoms with Crippen LogP contribution in [0, 0.1) is 0 Å². The minimum Gasteiger partial charge on any atom is -0.298 e. The molecule has 1 aliphatic rings. The maximum atomic E-state index is 2.57. The summed E-state index contributed by atoms with van der Waals surface area (Å²) in [6.45, 7) is 7.34. The summed E-state index contributed by atoms with van der Waals surface area (Å²) in [5, 5.41) is 0. The van der Waals surface area contributed by atoms with E-state index in [0.29, 0.717) is 0 Å². The Hall–Kier alpha value is -0.0400. The van der Waals surface area contributed by atoms with Gasteiger partial charge in [0.2, 0.25) is 0 Å². The van der Waals surface area contributed by atoms with Crippen LogP contribution in [0.4, 0.5) is 0 Å². The Morgan fingerprint density at radius 3 is 1.69 bits per heavy atom. The van der Waals surface area contributed by atoms with E-state index in [1.165, 1.54) is 77.3 Å². The summed E-state index contributed by atoms with van der Waals surface area (Å²) in [5.74, 6) is 0. The Bertz CT molecular complexity index is 156. The Balaban J connectivity index is 1.65. The Kier molecular flexibility index (Phi) is 7.92. The molecule has 1 heteroatoms. The van der Waals surface area contributed by atoms with E-state index >= 15 is 0 Å². The average Bonchev–Trinajstić information content (AvgIpc) is 2.97. The molecule has 0 N–H and O–H groups in total. The van der Waals surface area contributed by atoms with Crippen LogP contribution in [0.3, 0.4) is 0 Å². The van der Waals surface area contributed by atoms with E-state index < -0.39 is 0 Å². The second-order valence-corrected chi connectivity index (χ2v) is 5.53. The van der Waals surface area contributed by atoms with Crippen LogP contribution >= 0.6 is 0 Å². The van der Waals surface area contributed by atoms with Crippen molar-refractivity contribution in [3.05, 3.63) is 0 Å². The molecule has 0 radical (unpaired) electrons. The standard InChI is InChI=1S/C15H31N/c1-3-4-5-6-7-8-9-10-11-12-13-16-14-15(16)2/h15H,3-14H2,1-2H3. The molecule has 1 fully saturated rings. The molecule has 0 amide bonds. The highest BCUT2D eigenvalue weighted by Crippen LogP contribution is 2.17. The summed E-state index contributed by atoms with van der Waals surface area (Å²) in [7, 11) is 0. The molecule has 96 valence electrons. The number of hydrogen-bond donors (Lipinski definition) is 0. The van der Waals surface area contributed by atoms with E-state index in [1.807, 2.05) is 0 Å². The third kappa shape index (κ3) is 7.27. The summed E-state index contributed by atoms with van der Waals surface area (Å²) in [5.41, 5.74) is 0. The van der Waals surface area contributed by atoms with Crippen LogP contribution in [0.25, 0.3) is 0 Å². The highest BCUT2D eigenvalue weighted by Gasteiger charge is 2.27. The summed E-state index contributed by atoms with van der Waals surface area (Å²) >= 11 is 0. The highest BCUT2D eigenvalue weighted by molar-refractivity contribution is 4.83. The molecule has 0 aromatic carbocycles. The lowest BCUT2D eigenvalue weighted by atomic mass is 10.1. The Labute approximate surface area is 103 Å². The van der Waals surface area contributed by atoms with E-state index in [0.717, 1.165) is 6.04 Å². The van der Waals surface area contributed by atoms with E-state index in [2.05, 4.69) is 18.7 Å². The molecule has 1 aliphatic heterocycles. The summed E-state index contributed by atoms with van der Waals surface area (Å²) in [4.78, 5) is 2.57. The normalized spacial score (nSPS) is 23.6. The maximum Gasteiger partial charge on any atom is 0.0195 e. The molecule has 0 saturated carbocycles. The monoisotopic (exact) mass is 225 g/mol.